The molecule has 1 aliphatic heterocycles. The Balaban J connectivity index is 0.00000196. The molecule has 2 heterocycles. The number of carbonyl (C=O) groups is 1. The van der Waals surface area contributed by atoms with E-state index in [2.05, 4.69) is 33.1 Å². The second kappa shape index (κ2) is 7.94. The highest BCUT2D eigenvalue weighted by Crippen LogP contribution is 2.47. The molecule has 1 amide bonds. The molecule has 1 saturated heterocycles. The molecular weight excluding hydrogens is 373 g/mol. The van der Waals surface area contributed by atoms with E-state index in [1.165, 1.54) is 5.56 Å². The van der Waals surface area contributed by atoms with E-state index in [0.29, 0.717) is 18.3 Å². The molecular formula is C18H23Cl2N5O. The number of halogens is 2. The molecule has 0 unspecified atom stereocenters. The molecule has 1 aliphatic carbocycles. The van der Waals surface area contributed by atoms with Gasteiger partial charge in [0, 0.05) is 17.0 Å². The van der Waals surface area contributed by atoms with E-state index in [1.807, 2.05) is 16.8 Å². The summed E-state index contributed by atoms with van der Waals surface area (Å²) in [6.07, 6.45) is 5.97. The minimum absolute atomic E-state index is 0. The first-order chi connectivity index (χ1) is 12.2. The van der Waals surface area contributed by atoms with Crippen molar-refractivity contribution in [2.75, 3.05) is 19.6 Å². The highest BCUT2D eigenvalue weighted by molar-refractivity contribution is 6.30. The molecule has 0 bridgehead atoms. The van der Waals surface area contributed by atoms with Gasteiger partial charge in [-0.15, -0.1) is 17.5 Å². The van der Waals surface area contributed by atoms with Crippen molar-refractivity contribution >= 4 is 29.9 Å². The summed E-state index contributed by atoms with van der Waals surface area (Å²) in [4.78, 5) is 12.4. The highest BCUT2D eigenvalue weighted by atomic mass is 35.5. The smallest absolute Gasteiger partial charge is 0.273 e. The first-order valence-corrected chi connectivity index (χ1v) is 9.21. The molecule has 1 saturated carbocycles. The maximum absolute atomic E-state index is 12.4. The van der Waals surface area contributed by atoms with Crippen LogP contribution in [0.1, 0.15) is 47.8 Å². The van der Waals surface area contributed by atoms with E-state index in [9.17, 15) is 4.79 Å². The summed E-state index contributed by atoms with van der Waals surface area (Å²) in [5.74, 6) is -0.152. The molecule has 26 heavy (non-hydrogen) atoms. The average Bonchev–Trinajstić information content (AvgIpc) is 3.27. The molecule has 2 aliphatic rings. The number of hydrogen-bond acceptors (Lipinski definition) is 4. The molecule has 2 fully saturated rings. The van der Waals surface area contributed by atoms with E-state index in [-0.39, 0.29) is 23.7 Å². The minimum atomic E-state index is -0.152. The molecule has 0 spiro atoms. The predicted octanol–water partition coefficient (Wildman–Crippen LogP) is 2.74. The van der Waals surface area contributed by atoms with Gasteiger partial charge in [0.05, 0.1) is 12.2 Å². The third kappa shape index (κ3) is 4.03. The fraction of sp³-hybridized carbons (Fsp3) is 0.500. The number of amides is 1. The van der Waals surface area contributed by atoms with Crippen molar-refractivity contribution in [3.8, 4) is 0 Å². The Kier molecular flexibility index (Phi) is 5.85. The van der Waals surface area contributed by atoms with Crippen molar-refractivity contribution < 1.29 is 4.79 Å². The number of nitrogens with zero attached hydrogens (tertiary/aromatic N) is 3. The topological polar surface area (TPSA) is 71.8 Å². The first kappa shape index (κ1) is 19.1. The van der Waals surface area contributed by atoms with Gasteiger partial charge in [-0.3, -0.25) is 4.79 Å². The predicted molar refractivity (Wildman–Crippen MR) is 103 cm³/mol. The van der Waals surface area contributed by atoms with Gasteiger partial charge in [-0.25, -0.2) is 4.68 Å². The fourth-order valence-corrected chi connectivity index (χ4v) is 3.62. The molecule has 0 atom stereocenters. The van der Waals surface area contributed by atoms with Crippen LogP contribution in [0.3, 0.4) is 0 Å². The van der Waals surface area contributed by atoms with Crippen LogP contribution in [0.15, 0.2) is 30.5 Å². The Bertz CT molecular complexity index is 751. The van der Waals surface area contributed by atoms with Crippen LogP contribution in [-0.4, -0.2) is 40.5 Å². The zero-order valence-corrected chi connectivity index (χ0v) is 16.0. The number of nitrogens with one attached hydrogen (secondary N) is 2. The molecule has 2 aromatic rings. The molecule has 0 radical (unpaired) electrons. The van der Waals surface area contributed by atoms with Gasteiger partial charge >= 0.3 is 0 Å². The van der Waals surface area contributed by atoms with Gasteiger partial charge in [-0.05, 0) is 56.5 Å². The van der Waals surface area contributed by atoms with Gasteiger partial charge in [0.1, 0.15) is 0 Å². The molecule has 1 aromatic carbocycles. The Labute approximate surface area is 164 Å². The van der Waals surface area contributed by atoms with Gasteiger partial charge in [-0.1, -0.05) is 28.9 Å². The zero-order chi connectivity index (χ0) is 17.3. The first-order valence-electron chi connectivity index (χ1n) is 8.83. The number of piperidine rings is 1. The van der Waals surface area contributed by atoms with Crippen LogP contribution >= 0.6 is 24.0 Å². The van der Waals surface area contributed by atoms with E-state index >= 15 is 0 Å². The molecule has 4 rings (SSSR count). The minimum Gasteiger partial charge on any atom is -0.350 e. The summed E-state index contributed by atoms with van der Waals surface area (Å²) < 4.78 is 1.84. The highest BCUT2D eigenvalue weighted by Gasteiger charge is 2.44. The van der Waals surface area contributed by atoms with Crippen LogP contribution in [0, 0.1) is 0 Å². The summed E-state index contributed by atoms with van der Waals surface area (Å²) in [5, 5.41) is 15.3. The van der Waals surface area contributed by atoms with Crippen LogP contribution in [0.4, 0.5) is 0 Å². The maximum Gasteiger partial charge on any atom is 0.273 e. The molecule has 6 nitrogen and oxygen atoms in total. The molecule has 2 N–H and O–H groups in total. The lowest BCUT2D eigenvalue weighted by molar-refractivity contribution is 0.0944. The standard InChI is InChI=1S/C18H22ClN5O.ClH/c19-14-3-1-13(2-4-14)18(7-8-18)12-21-17(25)16-11-24(23-22-16)15-5-9-20-10-6-15;/h1-4,11,15,20H,5-10,12H2,(H,21,25);1H. The SMILES string of the molecule is Cl.O=C(NCC1(c2ccc(Cl)cc2)CC1)c1cn(C2CCNCC2)nn1. The second-order valence-corrected chi connectivity index (χ2v) is 7.47. The van der Waals surface area contributed by atoms with E-state index in [0.717, 1.165) is 43.8 Å². The Morgan fingerprint density at radius 2 is 1.96 bits per heavy atom. The lowest BCUT2D eigenvalue weighted by Gasteiger charge is -2.22. The molecule has 8 heteroatoms. The zero-order valence-electron chi connectivity index (χ0n) is 14.4. The summed E-state index contributed by atoms with van der Waals surface area (Å²) in [5.41, 5.74) is 1.67. The van der Waals surface area contributed by atoms with Gasteiger partial charge < -0.3 is 10.6 Å². The largest absolute Gasteiger partial charge is 0.350 e. The third-order valence-corrected chi connectivity index (χ3v) is 5.58. The summed E-state index contributed by atoms with van der Waals surface area (Å²) in [6.45, 7) is 2.58. The van der Waals surface area contributed by atoms with Crippen molar-refractivity contribution in [3.05, 3.63) is 46.7 Å². The monoisotopic (exact) mass is 395 g/mol. The van der Waals surface area contributed by atoms with E-state index in [4.69, 9.17) is 11.6 Å². The van der Waals surface area contributed by atoms with Gasteiger partial charge in [0.2, 0.25) is 0 Å². The summed E-state index contributed by atoms with van der Waals surface area (Å²) in [6, 6.07) is 8.25. The van der Waals surface area contributed by atoms with Gasteiger partial charge in [0.25, 0.3) is 5.91 Å². The maximum atomic E-state index is 12.4. The Morgan fingerprint density at radius 1 is 1.27 bits per heavy atom. The number of benzene rings is 1. The number of aromatic nitrogens is 3. The van der Waals surface area contributed by atoms with Crippen molar-refractivity contribution in [2.45, 2.75) is 37.1 Å². The molecule has 1 aromatic heterocycles. The summed E-state index contributed by atoms with van der Waals surface area (Å²) >= 11 is 5.96. The average molecular weight is 396 g/mol. The Morgan fingerprint density at radius 3 is 2.62 bits per heavy atom. The molecule has 140 valence electrons. The Hall–Kier alpha value is -1.63. The van der Waals surface area contributed by atoms with E-state index < -0.39 is 0 Å². The van der Waals surface area contributed by atoms with Crippen LogP contribution in [0.25, 0.3) is 0 Å². The summed E-state index contributed by atoms with van der Waals surface area (Å²) in [7, 11) is 0. The van der Waals surface area contributed by atoms with E-state index in [1.54, 1.807) is 6.20 Å². The van der Waals surface area contributed by atoms with Crippen LogP contribution in [0.2, 0.25) is 5.02 Å². The second-order valence-electron chi connectivity index (χ2n) is 7.03. The van der Waals surface area contributed by atoms with Crippen molar-refractivity contribution in [3.63, 3.8) is 0 Å². The fourth-order valence-electron chi connectivity index (χ4n) is 3.49. The van der Waals surface area contributed by atoms with Crippen LogP contribution in [-0.2, 0) is 5.41 Å². The normalized spacial score (nSPS) is 18.8. The lowest BCUT2D eigenvalue weighted by atomic mass is 9.96. The van der Waals surface area contributed by atoms with Crippen molar-refractivity contribution in [1.29, 1.82) is 0 Å². The van der Waals surface area contributed by atoms with Crippen molar-refractivity contribution in [1.82, 2.24) is 25.6 Å². The number of rotatable bonds is 5. The third-order valence-electron chi connectivity index (χ3n) is 5.32. The van der Waals surface area contributed by atoms with Gasteiger partial charge in [-0.2, -0.15) is 0 Å². The van der Waals surface area contributed by atoms with Crippen LogP contribution in [0.5, 0.6) is 0 Å². The quantitative estimate of drug-likeness (QED) is 0.816. The number of carbonyl (C=O) groups excluding carboxylic acids is 1. The van der Waals surface area contributed by atoms with Crippen LogP contribution < -0.4 is 10.6 Å². The van der Waals surface area contributed by atoms with Gasteiger partial charge in [0.15, 0.2) is 5.69 Å². The number of hydrogen-bond donors (Lipinski definition) is 2. The lowest BCUT2D eigenvalue weighted by Crippen LogP contribution is -2.32. The van der Waals surface area contributed by atoms with Crippen molar-refractivity contribution in [2.24, 2.45) is 0 Å².